The van der Waals surface area contributed by atoms with Crippen molar-refractivity contribution < 1.29 is 0 Å². The van der Waals surface area contributed by atoms with Gasteiger partial charge in [-0.3, -0.25) is 0 Å². The minimum absolute atomic E-state index is 0.417. The molecule has 4 rings (SSSR count). The zero-order valence-electron chi connectivity index (χ0n) is 15.4. The summed E-state index contributed by atoms with van der Waals surface area (Å²) in [5.41, 5.74) is 6.74. The van der Waals surface area contributed by atoms with Gasteiger partial charge in [-0.25, -0.2) is 0 Å². The first-order chi connectivity index (χ1) is 11.1. The van der Waals surface area contributed by atoms with Gasteiger partial charge in [-0.1, -0.05) is 68.3 Å². The fourth-order valence-electron chi connectivity index (χ4n) is 4.96. The number of hydrogen-bond acceptors (Lipinski definition) is 0. The van der Waals surface area contributed by atoms with Crippen molar-refractivity contribution in [1.29, 1.82) is 0 Å². The quantitative estimate of drug-likeness (QED) is 0.462. The fourth-order valence-corrected chi connectivity index (χ4v) is 4.96. The molecule has 2 aromatic rings. The zero-order chi connectivity index (χ0) is 16.6. The van der Waals surface area contributed by atoms with E-state index in [1.54, 1.807) is 16.7 Å². The predicted octanol–water partition coefficient (Wildman–Crippen LogP) is 6.95. The molecule has 2 aliphatic carbocycles. The highest BCUT2D eigenvalue weighted by Crippen LogP contribution is 2.58. The maximum atomic E-state index is 2.50. The number of allylic oxidation sites excluding steroid dienone is 2. The molecule has 0 aliphatic heterocycles. The van der Waals surface area contributed by atoms with Gasteiger partial charge in [0.1, 0.15) is 0 Å². The van der Waals surface area contributed by atoms with Gasteiger partial charge in [-0.2, -0.15) is 0 Å². The number of rotatable bonds is 0. The lowest BCUT2D eigenvalue weighted by atomic mass is 9.65. The van der Waals surface area contributed by atoms with E-state index in [4.69, 9.17) is 0 Å². The molecule has 2 aromatic carbocycles. The van der Waals surface area contributed by atoms with Crippen molar-refractivity contribution >= 4 is 10.8 Å². The topological polar surface area (TPSA) is 0 Å². The molecule has 0 heteroatoms. The van der Waals surface area contributed by atoms with E-state index in [9.17, 15) is 0 Å². The average molecular weight is 306 g/mol. The van der Waals surface area contributed by atoms with Gasteiger partial charge in [0.05, 0.1) is 0 Å². The molecule has 122 valence electrons. The van der Waals surface area contributed by atoms with Crippen molar-refractivity contribution in [3.63, 3.8) is 0 Å². The molecule has 0 N–H and O–H groups in total. The third kappa shape index (κ3) is 2.43. The largest absolute Gasteiger partial charge is 0.0879 e. The van der Waals surface area contributed by atoms with Crippen LogP contribution in [0.5, 0.6) is 0 Å². The van der Waals surface area contributed by atoms with Crippen molar-refractivity contribution in [2.24, 2.45) is 5.41 Å². The van der Waals surface area contributed by atoms with Crippen LogP contribution < -0.4 is 0 Å². The molecule has 0 heterocycles. The van der Waals surface area contributed by atoms with E-state index in [0.717, 1.165) is 5.92 Å². The molecule has 0 amide bonds. The lowest BCUT2D eigenvalue weighted by molar-refractivity contribution is 0.307. The second-order valence-electron chi connectivity index (χ2n) is 7.18. The van der Waals surface area contributed by atoms with Crippen LogP contribution in [0, 0.1) is 12.3 Å². The molecule has 0 saturated heterocycles. The highest BCUT2D eigenvalue weighted by Gasteiger charge is 2.45. The van der Waals surface area contributed by atoms with Crippen LogP contribution in [-0.2, 0) is 6.42 Å². The first-order valence-corrected chi connectivity index (χ1v) is 9.31. The van der Waals surface area contributed by atoms with Gasteiger partial charge in [0.25, 0.3) is 0 Å². The minimum Gasteiger partial charge on any atom is -0.0879 e. The molecule has 1 saturated carbocycles. The molecule has 23 heavy (non-hydrogen) atoms. The van der Waals surface area contributed by atoms with E-state index in [0.29, 0.717) is 5.41 Å². The van der Waals surface area contributed by atoms with E-state index in [2.05, 4.69) is 57.2 Å². The van der Waals surface area contributed by atoms with Crippen LogP contribution >= 0.6 is 0 Å². The first-order valence-electron chi connectivity index (χ1n) is 9.31. The third-order valence-electron chi connectivity index (χ3n) is 6.15. The monoisotopic (exact) mass is 306 g/mol. The molecular weight excluding hydrogens is 276 g/mol. The van der Waals surface area contributed by atoms with E-state index < -0.39 is 0 Å². The highest BCUT2D eigenvalue weighted by molar-refractivity contribution is 5.88. The van der Waals surface area contributed by atoms with Gasteiger partial charge in [-0.05, 0) is 72.8 Å². The van der Waals surface area contributed by atoms with Crippen molar-refractivity contribution in [3.8, 4) is 0 Å². The average Bonchev–Trinajstić information content (AvgIpc) is 2.92. The van der Waals surface area contributed by atoms with Crippen LogP contribution in [0.3, 0.4) is 0 Å². The standard InChI is InChI=1S/C21H24.C2H6/c1-4-16-7-10-20-19-9-6-15-13-14(2)5-8-17(15)18(19)11-12-21(16,20)3;1-2/h4-6,8-9,13,20H,7,10-12H2,1-3H3;1-2H3/b16-4-;. The zero-order valence-corrected chi connectivity index (χ0v) is 15.4. The summed E-state index contributed by atoms with van der Waals surface area (Å²) in [6, 6.07) is 11.7. The first kappa shape index (κ1) is 16.3. The fraction of sp³-hybridized carbons (Fsp3) is 0.478. The molecule has 2 unspecified atom stereocenters. The summed E-state index contributed by atoms with van der Waals surface area (Å²) >= 11 is 0. The Balaban J connectivity index is 0.000000753. The predicted molar refractivity (Wildman–Crippen MR) is 102 cm³/mol. The van der Waals surface area contributed by atoms with E-state index in [1.165, 1.54) is 42.0 Å². The number of aryl methyl sites for hydroxylation is 2. The van der Waals surface area contributed by atoms with E-state index >= 15 is 0 Å². The third-order valence-corrected chi connectivity index (χ3v) is 6.15. The Morgan fingerprint density at radius 2 is 1.87 bits per heavy atom. The molecule has 0 nitrogen and oxygen atoms in total. The Morgan fingerprint density at radius 3 is 2.61 bits per heavy atom. The van der Waals surface area contributed by atoms with Crippen molar-refractivity contribution in [3.05, 3.63) is 58.7 Å². The van der Waals surface area contributed by atoms with Gasteiger partial charge < -0.3 is 0 Å². The van der Waals surface area contributed by atoms with Crippen LogP contribution in [0.4, 0.5) is 0 Å². The van der Waals surface area contributed by atoms with Crippen LogP contribution in [0.2, 0.25) is 0 Å². The molecular formula is C23H30. The normalized spacial score (nSPS) is 27.3. The molecule has 1 fully saturated rings. The SMILES string of the molecule is C/C=C1/CCC2c3ccc4cc(C)ccc4c3CCC12C.CC. The summed E-state index contributed by atoms with van der Waals surface area (Å²) in [7, 11) is 0. The number of fused-ring (bicyclic) bond motifs is 5. The van der Waals surface area contributed by atoms with Gasteiger partial charge >= 0.3 is 0 Å². The maximum Gasteiger partial charge on any atom is -0.00445 e. The van der Waals surface area contributed by atoms with Crippen LogP contribution in [0.1, 0.15) is 69.6 Å². The molecule has 0 spiro atoms. The lowest BCUT2D eigenvalue weighted by Crippen LogP contribution is -2.28. The molecule has 2 atom stereocenters. The minimum atomic E-state index is 0.417. The Kier molecular flexibility index (Phi) is 4.36. The van der Waals surface area contributed by atoms with E-state index in [1.807, 2.05) is 13.8 Å². The molecule has 0 radical (unpaired) electrons. The number of hydrogen-bond donors (Lipinski definition) is 0. The van der Waals surface area contributed by atoms with Gasteiger partial charge in [0, 0.05) is 0 Å². The summed E-state index contributed by atoms with van der Waals surface area (Å²) in [6.07, 6.45) is 7.57. The Labute approximate surface area is 141 Å². The van der Waals surface area contributed by atoms with Crippen LogP contribution in [-0.4, -0.2) is 0 Å². The number of benzene rings is 2. The van der Waals surface area contributed by atoms with Crippen LogP contribution in [0.25, 0.3) is 10.8 Å². The van der Waals surface area contributed by atoms with Gasteiger partial charge in [-0.15, -0.1) is 0 Å². The van der Waals surface area contributed by atoms with Crippen molar-refractivity contribution in [1.82, 2.24) is 0 Å². The second-order valence-corrected chi connectivity index (χ2v) is 7.18. The summed E-state index contributed by atoms with van der Waals surface area (Å²) in [6.45, 7) is 10.9. The Morgan fingerprint density at radius 1 is 1.09 bits per heavy atom. The molecule has 0 bridgehead atoms. The smallest absolute Gasteiger partial charge is 0.00445 e. The van der Waals surface area contributed by atoms with Crippen LogP contribution in [0.15, 0.2) is 42.0 Å². The summed E-state index contributed by atoms with van der Waals surface area (Å²) in [5.74, 6) is 0.734. The molecule has 0 aromatic heterocycles. The van der Waals surface area contributed by atoms with Gasteiger partial charge in [0.15, 0.2) is 0 Å². The highest BCUT2D eigenvalue weighted by atomic mass is 14.5. The maximum absolute atomic E-state index is 2.50. The van der Waals surface area contributed by atoms with E-state index in [-0.39, 0.29) is 0 Å². The second kappa shape index (κ2) is 6.15. The van der Waals surface area contributed by atoms with Gasteiger partial charge in [0.2, 0.25) is 0 Å². The Bertz CT molecular complexity index is 750. The summed E-state index contributed by atoms with van der Waals surface area (Å²) in [4.78, 5) is 0. The lowest BCUT2D eigenvalue weighted by Gasteiger charge is -2.39. The Hall–Kier alpha value is -1.56. The summed E-state index contributed by atoms with van der Waals surface area (Å²) in [5, 5.41) is 2.91. The van der Waals surface area contributed by atoms with Crippen molar-refractivity contribution in [2.45, 2.75) is 66.2 Å². The van der Waals surface area contributed by atoms with Crippen molar-refractivity contribution in [2.75, 3.05) is 0 Å². The molecule has 2 aliphatic rings. The summed E-state index contributed by atoms with van der Waals surface area (Å²) < 4.78 is 0.